The Morgan fingerprint density at radius 3 is 2.34 bits per heavy atom. The van der Waals surface area contributed by atoms with Crippen molar-refractivity contribution in [2.75, 3.05) is 26.8 Å². The van der Waals surface area contributed by atoms with Crippen molar-refractivity contribution < 1.29 is 46.1 Å². The van der Waals surface area contributed by atoms with Crippen LogP contribution >= 0.6 is 0 Å². The van der Waals surface area contributed by atoms with Crippen molar-refractivity contribution in [2.24, 2.45) is 11.7 Å². The highest BCUT2D eigenvalue weighted by molar-refractivity contribution is 7.89. The Labute approximate surface area is 272 Å². The van der Waals surface area contributed by atoms with E-state index in [4.69, 9.17) is 20.4 Å². The van der Waals surface area contributed by atoms with Crippen molar-refractivity contribution in [1.82, 2.24) is 14.6 Å². The van der Waals surface area contributed by atoms with Crippen LogP contribution in [0.3, 0.4) is 0 Å². The first kappa shape index (κ1) is 37.8. The number of nitrogens with one attached hydrogen (secondary N) is 2. The van der Waals surface area contributed by atoms with Gasteiger partial charge in [-0.05, 0) is 73.9 Å². The van der Waals surface area contributed by atoms with Crippen molar-refractivity contribution in [1.29, 1.82) is 0 Å². The number of aliphatic hydroxyl groups excluding tert-OH is 1. The molecule has 15 heteroatoms. The summed E-state index contributed by atoms with van der Waals surface area (Å²) in [4.78, 5) is 24.9. The lowest BCUT2D eigenvalue weighted by Gasteiger charge is -2.32. The van der Waals surface area contributed by atoms with Crippen LogP contribution in [0.25, 0.3) is 10.9 Å². The lowest BCUT2D eigenvalue weighted by atomic mass is 10.0. The number of rotatable bonds is 15. The summed E-state index contributed by atoms with van der Waals surface area (Å²) in [5.41, 5.74) is 8.20. The van der Waals surface area contributed by atoms with E-state index in [0.717, 1.165) is 42.1 Å². The third kappa shape index (κ3) is 10.9. The molecular formula is C32H43F3N4O7S. The molecule has 0 bridgehead atoms. The number of methoxy groups -OCH3 is 1. The SMILES string of the molecule is COc1ccc(S(=O)(=O)N(CC2CCCC2)C(CO)CCCCNC(=O)[C@@H](N)Cc2c[nH]c3ccccc23)cc1.O=C(O)C(F)(F)F. The second kappa shape index (κ2) is 17.5. The molecule has 1 fully saturated rings. The number of alkyl halides is 3. The van der Waals surface area contributed by atoms with Crippen LogP contribution in [0, 0.1) is 5.92 Å². The Kier molecular flexibility index (Phi) is 14.1. The molecule has 1 heterocycles. The van der Waals surface area contributed by atoms with Gasteiger partial charge >= 0.3 is 12.1 Å². The maximum Gasteiger partial charge on any atom is 0.490 e. The maximum absolute atomic E-state index is 13.7. The van der Waals surface area contributed by atoms with Crippen LogP contribution in [0.5, 0.6) is 5.75 Å². The molecule has 1 aliphatic rings. The Hall–Kier alpha value is -3.66. The van der Waals surface area contributed by atoms with E-state index in [-0.39, 0.29) is 17.4 Å². The monoisotopic (exact) mass is 684 g/mol. The number of aromatic amines is 1. The van der Waals surface area contributed by atoms with Crippen molar-refractivity contribution in [3.8, 4) is 5.75 Å². The van der Waals surface area contributed by atoms with Crippen LogP contribution in [0.4, 0.5) is 13.2 Å². The molecule has 260 valence electrons. The van der Waals surface area contributed by atoms with Gasteiger partial charge in [-0.1, -0.05) is 37.5 Å². The van der Waals surface area contributed by atoms with E-state index in [1.165, 1.54) is 11.4 Å². The number of ether oxygens (including phenoxy) is 1. The second-order valence-electron chi connectivity index (χ2n) is 11.5. The molecule has 1 aromatic heterocycles. The average molecular weight is 685 g/mol. The van der Waals surface area contributed by atoms with Gasteiger partial charge in [-0.2, -0.15) is 17.5 Å². The number of aliphatic hydroxyl groups is 1. The number of amides is 1. The van der Waals surface area contributed by atoms with Crippen LogP contribution in [0.1, 0.15) is 50.5 Å². The van der Waals surface area contributed by atoms with Crippen LogP contribution in [0.15, 0.2) is 59.6 Å². The molecule has 1 unspecified atom stereocenters. The molecular weight excluding hydrogens is 641 g/mol. The molecule has 2 aromatic carbocycles. The number of unbranched alkanes of at least 4 members (excludes halogenated alkanes) is 1. The van der Waals surface area contributed by atoms with Gasteiger partial charge in [-0.3, -0.25) is 4.79 Å². The third-order valence-electron chi connectivity index (χ3n) is 8.15. The van der Waals surface area contributed by atoms with E-state index in [2.05, 4.69) is 10.3 Å². The molecule has 1 aliphatic carbocycles. The summed E-state index contributed by atoms with van der Waals surface area (Å²) in [7, 11) is -2.26. The predicted molar refractivity (Wildman–Crippen MR) is 170 cm³/mol. The van der Waals surface area contributed by atoms with E-state index < -0.39 is 34.3 Å². The number of halogens is 3. The van der Waals surface area contributed by atoms with E-state index >= 15 is 0 Å². The van der Waals surface area contributed by atoms with Gasteiger partial charge in [0.05, 0.1) is 24.7 Å². The van der Waals surface area contributed by atoms with Crippen LogP contribution in [-0.2, 0) is 26.0 Å². The van der Waals surface area contributed by atoms with Gasteiger partial charge in [-0.25, -0.2) is 13.2 Å². The first-order chi connectivity index (χ1) is 22.3. The number of carbonyl (C=O) groups excluding carboxylic acids is 1. The normalized spacial score (nSPS) is 15.2. The van der Waals surface area contributed by atoms with E-state index in [1.54, 1.807) is 24.3 Å². The maximum atomic E-state index is 13.7. The van der Waals surface area contributed by atoms with Gasteiger partial charge in [-0.15, -0.1) is 0 Å². The van der Waals surface area contributed by atoms with Crippen LogP contribution in [0.2, 0.25) is 0 Å². The summed E-state index contributed by atoms with van der Waals surface area (Å²) in [6, 6.07) is 13.1. The van der Waals surface area contributed by atoms with E-state index in [0.29, 0.717) is 50.4 Å². The smallest absolute Gasteiger partial charge is 0.490 e. The van der Waals surface area contributed by atoms with E-state index in [9.17, 15) is 31.5 Å². The minimum atomic E-state index is -5.08. The molecule has 4 rings (SSSR count). The van der Waals surface area contributed by atoms with Gasteiger partial charge in [0.25, 0.3) is 0 Å². The highest BCUT2D eigenvalue weighted by atomic mass is 32.2. The minimum absolute atomic E-state index is 0.196. The van der Waals surface area contributed by atoms with Crippen molar-refractivity contribution >= 4 is 32.8 Å². The topological polar surface area (TPSA) is 175 Å². The number of sulfonamides is 1. The average Bonchev–Trinajstić information content (AvgIpc) is 3.72. The molecule has 1 saturated carbocycles. The zero-order chi connectivity index (χ0) is 34.6. The zero-order valence-electron chi connectivity index (χ0n) is 26.2. The standard InChI is InChI=1S/C30H42N4O5S.C2HF3O2/c1-39-25-13-15-26(16-14-25)40(37,38)34(20-22-8-2-3-9-22)24(21-35)10-6-7-17-32-30(36)28(31)18-23-19-33-29-12-5-4-11-27(23)29;3-2(4,5)1(6)7/h4-5,11-16,19,22,24,28,33,35H,2-3,6-10,17-18,20-21,31H2,1H3,(H,32,36);(H,6,7)/t24?,28-;/m0./s1. The summed E-state index contributed by atoms with van der Waals surface area (Å²) in [5.74, 6) is -2.09. The summed E-state index contributed by atoms with van der Waals surface area (Å²) in [5, 5.41) is 21.4. The molecule has 0 aliphatic heterocycles. The van der Waals surface area contributed by atoms with Gasteiger partial charge in [0, 0.05) is 36.2 Å². The first-order valence-electron chi connectivity index (χ1n) is 15.4. The van der Waals surface area contributed by atoms with Crippen LogP contribution in [-0.4, -0.2) is 84.9 Å². The van der Waals surface area contributed by atoms with E-state index in [1.807, 2.05) is 30.5 Å². The quantitative estimate of drug-likeness (QED) is 0.148. The molecule has 0 saturated heterocycles. The highest BCUT2D eigenvalue weighted by Gasteiger charge is 2.38. The van der Waals surface area contributed by atoms with Gasteiger partial charge < -0.3 is 31.0 Å². The number of carboxylic acid groups (broad SMARTS) is 1. The molecule has 0 radical (unpaired) electrons. The van der Waals surface area contributed by atoms with Crippen molar-refractivity contribution in [2.45, 2.75) is 74.5 Å². The van der Waals surface area contributed by atoms with Crippen LogP contribution < -0.4 is 15.8 Å². The highest BCUT2D eigenvalue weighted by Crippen LogP contribution is 2.30. The fourth-order valence-electron chi connectivity index (χ4n) is 5.58. The number of nitrogens with two attached hydrogens (primary N) is 1. The summed E-state index contributed by atoms with van der Waals surface area (Å²) in [6.45, 7) is 0.579. The Bertz CT molecular complexity index is 1540. The number of carbonyl (C=O) groups is 2. The first-order valence-corrected chi connectivity index (χ1v) is 16.9. The molecule has 1 amide bonds. The summed E-state index contributed by atoms with van der Waals surface area (Å²) in [6.07, 6.45) is 3.25. The number of hydrogen-bond acceptors (Lipinski definition) is 7. The summed E-state index contributed by atoms with van der Waals surface area (Å²) < 4.78 is 65.8. The fraction of sp³-hybridized carbons (Fsp3) is 0.500. The number of nitrogens with zero attached hydrogens (tertiary/aromatic N) is 1. The molecule has 11 nitrogen and oxygen atoms in total. The number of hydrogen-bond donors (Lipinski definition) is 5. The predicted octanol–water partition coefficient (Wildman–Crippen LogP) is 4.21. The molecule has 0 spiro atoms. The van der Waals surface area contributed by atoms with Gasteiger partial charge in [0.1, 0.15) is 5.75 Å². The molecule has 3 aromatic rings. The summed E-state index contributed by atoms with van der Waals surface area (Å²) >= 11 is 0. The van der Waals surface area contributed by atoms with Gasteiger partial charge in [0.2, 0.25) is 15.9 Å². The molecule has 6 N–H and O–H groups in total. The van der Waals surface area contributed by atoms with Crippen molar-refractivity contribution in [3.05, 3.63) is 60.3 Å². The number of fused-ring (bicyclic) bond motifs is 1. The molecule has 2 atom stereocenters. The Balaban J connectivity index is 0.000000771. The Morgan fingerprint density at radius 1 is 1.11 bits per heavy atom. The third-order valence-corrected chi connectivity index (χ3v) is 10.1. The number of benzene rings is 2. The molecule has 47 heavy (non-hydrogen) atoms. The lowest BCUT2D eigenvalue weighted by Crippen LogP contribution is -2.45. The van der Waals surface area contributed by atoms with Gasteiger partial charge in [0.15, 0.2) is 0 Å². The number of aliphatic carboxylic acids is 1. The largest absolute Gasteiger partial charge is 0.497 e. The number of para-hydroxylation sites is 1. The number of H-pyrrole nitrogens is 1. The second-order valence-corrected chi connectivity index (χ2v) is 13.4. The lowest BCUT2D eigenvalue weighted by molar-refractivity contribution is -0.192. The minimum Gasteiger partial charge on any atom is -0.497 e. The van der Waals surface area contributed by atoms with Crippen molar-refractivity contribution in [3.63, 3.8) is 0 Å². The number of aromatic nitrogens is 1. The zero-order valence-corrected chi connectivity index (χ0v) is 27.0. The fourth-order valence-corrected chi connectivity index (χ4v) is 7.30. The number of carboxylic acids is 1. The Morgan fingerprint density at radius 2 is 1.74 bits per heavy atom.